The van der Waals surface area contributed by atoms with Crippen LogP contribution in [0.3, 0.4) is 0 Å². The van der Waals surface area contributed by atoms with Crippen molar-refractivity contribution in [2.45, 2.75) is 61.3 Å². The molecule has 0 saturated heterocycles. The summed E-state index contributed by atoms with van der Waals surface area (Å²) in [5.74, 6) is -0.108. The van der Waals surface area contributed by atoms with Gasteiger partial charge in [-0.2, -0.15) is 0 Å². The number of ether oxygens (including phenoxy) is 1. The van der Waals surface area contributed by atoms with Gasteiger partial charge in [-0.05, 0) is 23.7 Å². The minimum absolute atomic E-state index is 0.0128. The van der Waals surface area contributed by atoms with E-state index in [1.807, 2.05) is 6.92 Å². The molecule has 0 N–H and O–H groups in total. The highest BCUT2D eigenvalue weighted by atomic mass is 16.5. The summed E-state index contributed by atoms with van der Waals surface area (Å²) in [7, 11) is 0. The van der Waals surface area contributed by atoms with Gasteiger partial charge in [0.05, 0.1) is 12.5 Å². The molecule has 0 aliphatic carbocycles. The number of hydrogen-bond acceptors (Lipinski definition) is 2. The van der Waals surface area contributed by atoms with E-state index >= 15 is 0 Å². The fourth-order valence-electron chi connectivity index (χ4n) is 1.25. The quantitative estimate of drug-likeness (QED) is 0.536. The van der Waals surface area contributed by atoms with Crippen LogP contribution in [0.15, 0.2) is 0 Å². The molecule has 1 unspecified atom stereocenters. The van der Waals surface area contributed by atoms with Gasteiger partial charge in [-0.3, -0.25) is 4.79 Å². The van der Waals surface area contributed by atoms with E-state index in [2.05, 4.69) is 41.5 Å². The van der Waals surface area contributed by atoms with Crippen molar-refractivity contribution < 1.29 is 9.53 Å². The monoisotopic (exact) mass is 228 g/mol. The first-order valence-electron chi connectivity index (χ1n) is 6.21. The molecule has 2 heteroatoms. The standard InChI is InChI=1S/C14H28O2/c1-11(14(5,6)7)12(15)16-10-8-9-13(2,3)4/h11H,8-10H2,1-7H3. The maximum atomic E-state index is 11.7. The molecular formula is C14H28O2. The van der Waals surface area contributed by atoms with Gasteiger partial charge in [0.25, 0.3) is 0 Å². The van der Waals surface area contributed by atoms with E-state index in [9.17, 15) is 4.79 Å². The Balaban J connectivity index is 3.83. The van der Waals surface area contributed by atoms with Gasteiger partial charge in [-0.1, -0.05) is 48.5 Å². The topological polar surface area (TPSA) is 26.3 Å². The fraction of sp³-hybridized carbons (Fsp3) is 0.929. The Labute approximate surface area is 101 Å². The van der Waals surface area contributed by atoms with Crippen molar-refractivity contribution in [3.8, 4) is 0 Å². The lowest BCUT2D eigenvalue weighted by molar-refractivity contribution is -0.151. The smallest absolute Gasteiger partial charge is 0.309 e. The van der Waals surface area contributed by atoms with Crippen LogP contribution in [0.2, 0.25) is 0 Å². The fourth-order valence-corrected chi connectivity index (χ4v) is 1.25. The molecule has 0 radical (unpaired) electrons. The minimum atomic E-state index is -0.0681. The molecule has 2 nitrogen and oxygen atoms in total. The Hall–Kier alpha value is -0.530. The lowest BCUT2D eigenvalue weighted by atomic mass is 9.82. The van der Waals surface area contributed by atoms with Crippen molar-refractivity contribution in [2.24, 2.45) is 16.7 Å². The van der Waals surface area contributed by atoms with E-state index in [4.69, 9.17) is 4.74 Å². The Morgan fingerprint density at radius 3 is 2.00 bits per heavy atom. The van der Waals surface area contributed by atoms with Crippen LogP contribution in [0, 0.1) is 16.7 Å². The summed E-state index contributed by atoms with van der Waals surface area (Å²) in [4.78, 5) is 11.7. The number of rotatable bonds is 4. The van der Waals surface area contributed by atoms with Crippen LogP contribution in [0.1, 0.15) is 61.3 Å². The molecule has 0 fully saturated rings. The number of esters is 1. The Bertz CT molecular complexity index is 218. The third-order valence-electron chi connectivity index (χ3n) is 2.97. The van der Waals surface area contributed by atoms with E-state index < -0.39 is 0 Å². The molecule has 0 rings (SSSR count). The van der Waals surface area contributed by atoms with E-state index in [0.29, 0.717) is 12.0 Å². The summed E-state index contributed by atoms with van der Waals surface area (Å²) in [5, 5.41) is 0. The summed E-state index contributed by atoms with van der Waals surface area (Å²) in [6, 6.07) is 0. The molecule has 0 aromatic carbocycles. The Kier molecular flexibility index (Phi) is 5.51. The summed E-state index contributed by atoms with van der Waals surface area (Å²) >= 11 is 0. The van der Waals surface area contributed by atoms with E-state index in [-0.39, 0.29) is 17.3 Å². The predicted molar refractivity (Wildman–Crippen MR) is 68.3 cm³/mol. The molecule has 96 valence electrons. The molecule has 0 heterocycles. The molecule has 0 spiro atoms. The van der Waals surface area contributed by atoms with Crippen molar-refractivity contribution in [2.75, 3.05) is 6.61 Å². The van der Waals surface area contributed by atoms with Crippen LogP contribution in [0.4, 0.5) is 0 Å². The second kappa shape index (κ2) is 5.70. The van der Waals surface area contributed by atoms with Crippen LogP contribution < -0.4 is 0 Å². The molecule has 0 aliphatic heterocycles. The lowest BCUT2D eigenvalue weighted by Crippen LogP contribution is -2.27. The maximum Gasteiger partial charge on any atom is 0.309 e. The second-order valence-electron chi connectivity index (χ2n) is 6.92. The third kappa shape index (κ3) is 6.86. The van der Waals surface area contributed by atoms with Gasteiger partial charge in [0.2, 0.25) is 0 Å². The first-order valence-corrected chi connectivity index (χ1v) is 6.21. The van der Waals surface area contributed by atoms with Crippen molar-refractivity contribution in [1.29, 1.82) is 0 Å². The third-order valence-corrected chi connectivity index (χ3v) is 2.97. The number of hydrogen-bond donors (Lipinski definition) is 0. The molecule has 0 bridgehead atoms. The van der Waals surface area contributed by atoms with E-state index in [1.54, 1.807) is 0 Å². The van der Waals surface area contributed by atoms with Gasteiger partial charge in [-0.15, -0.1) is 0 Å². The molecule has 0 saturated carbocycles. The van der Waals surface area contributed by atoms with Gasteiger partial charge in [0.1, 0.15) is 0 Å². The molecule has 1 atom stereocenters. The highest BCUT2D eigenvalue weighted by Gasteiger charge is 2.27. The van der Waals surface area contributed by atoms with Gasteiger partial charge in [-0.25, -0.2) is 0 Å². The van der Waals surface area contributed by atoms with Crippen molar-refractivity contribution >= 4 is 5.97 Å². The van der Waals surface area contributed by atoms with Crippen molar-refractivity contribution in [3.05, 3.63) is 0 Å². The maximum absolute atomic E-state index is 11.7. The van der Waals surface area contributed by atoms with Gasteiger partial charge < -0.3 is 4.74 Å². The van der Waals surface area contributed by atoms with E-state index in [1.165, 1.54) is 0 Å². The normalized spacial score (nSPS) is 14.7. The van der Waals surface area contributed by atoms with Crippen LogP contribution in [-0.4, -0.2) is 12.6 Å². The zero-order chi connectivity index (χ0) is 13.0. The first kappa shape index (κ1) is 15.5. The zero-order valence-electron chi connectivity index (χ0n) is 12.0. The minimum Gasteiger partial charge on any atom is -0.465 e. The lowest BCUT2D eigenvalue weighted by Gasteiger charge is -2.25. The molecule has 0 amide bonds. The van der Waals surface area contributed by atoms with Gasteiger partial charge in [0, 0.05) is 0 Å². The molecule has 0 aliphatic rings. The van der Waals surface area contributed by atoms with Crippen LogP contribution in [0.25, 0.3) is 0 Å². The summed E-state index contributed by atoms with van der Waals surface area (Å²) in [6.45, 7) is 15.3. The van der Waals surface area contributed by atoms with Crippen LogP contribution in [-0.2, 0) is 9.53 Å². The molecule has 0 aromatic rings. The Morgan fingerprint density at radius 1 is 1.12 bits per heavy atom. The summed E-state index contributed by atoms with van der Waals surface area (Å²) in [5.41, 5.74) is 0.309. The summed E-state index contributed by atoms with van der Waals surface area (Å²) in [6.07, 6.45) is 2.04. The highest BCUT2D eigenvalue weighted by molar-refractivity contribution is 5.72. The van der Waals surface area contributed by atoms with Crippen molar-refractivity contribution in [1.82, 2.24) is 0 Å². The average molecular weight is 228 g/mol. The number of carbonyl (C=O) groups excluding carboxylic acids is 1. The van der Waals surface area contributed by atoms with Gasteiger partial charge in [0.15, 0.2) is 0 Å². The average Bonchev–Trinajstić information content (AvgIpc) is 2.07. The highest BCUT2D eigenvalue weighted by Crippen LogP contribution is 2.26. The second-order valence-corrected chi connectivity index (χ2v) is 6.92. The van der Waals surface area contributed by atoms with Crippen LogP contribution >= 0.6 is 0 Å². The predicted octanol–water partition coefficient (Wildman–Crippen LogP) is 4.04. The van der Waals surface area contributed by atoms with Crippen LogP contribution in [0.5, 0.6) is 0 Å². The van der Waals surface area contributed by atoms with Crippen molar-refractivity contribution in [3.63, 3.8) is 0 Å². The Morgan fingerprint density at radius 2 is 1.62 bits per heavy atom. The largest absolute Gasteiger partial charge is 0.465 e. The van der Waals surface area contributed by atoms with E-state index in [0.717, 1.165) is 12.8 Å². The zero-order valence-corrected chi connectivity index (χ0v) is 12.0. The SMILES string of the molecule is CC(C(=O)OCCCC(C)(C)C)C(C)(C)C. The summed E-state index contributed by atoms with van der Waals surface area (Å²) < 4.78 is 5.29. The molecule has 16 heavy (non-hydrogen) atoms. The first-order chi connectivity index (χ1) is 7.04. The molecule has 0 aromatic heterocycles. The molecular weight excluding hydrogens is 200 g/mol. The van der Waals surface area contributed by atoms with Gasteiger partial charge >= 0.3 is 5.97 Å². The number of carbonyl (C=O) groups is 1.